The monoisotopic (exact) mass is 661 g/mol. The van der Waals surface area contributed by atoms with Crippen molar-refractivity contribution in [3.05, 3.63) is 29.8 Å². The number of urea groups is 1. The van der Waals surface area contributed by atoms with E-state index in [9.17, 15) is 33.6 Å². The number of carbonyl (C=O) groups is 7. The molecule has 1 aromatic rings. The summed E-state index contributed by atoms with van der Waals surface area (Å²) >= 11 is 0. The Balaban J connectivity index is 0.00000541. The van der Waals surface area contributed by atoms with Crippen LogP contribution in [0, 0.1) is 17.8 Å². The number of nitrogens with zero attached hydrogens (tertiary/aromatic N) is 1. The quantitative estimate of drug-likeness (QED) is 0.0846. The van der Waals surface area contributed by atoms with Crippen molar-refractivity contribution < 1.29 is 38.3 Å². The molecule has 0 aromatic heterocycles. The molecule has 4 atom stereocenters. The van der Waals surface area contributed by atoms with Crippen molar-refractivity contribution in [3.63, 3.8) is 0 Å². The van der Waals surface area contributed by atoms with E-state index in [0.717, 1.165) is 4.90 Å². The van der Waals surface area contributed by atoms with Crippen LogP contribution in [-0.2, 0) is 40.1 Å². The zero-order chi connectivity index (χ0) is 35.8. The molecule has 7 amide bonds. The van der Waals surface area contributed by atoms with Gasteiger partial charge in [0, 0.05) is 31.1 Å². The molecular weight excluding hydrogens is 610 g/mol. The third-order valence-corrected chi connectivity index (χ3v) is 7.17. The maximum Gasteiger partial charge on any atom is 0.312 e. The zero-order valence-corrected chi connectivity index (χ0v) is 28.4. The predicted molar refractivity (Wildman–Crippen MR) is 175 cm³/mol. The summed E-state index contributed by atoms with van der Waals surface area (Å²) in [5.74, 6) is -4.66. The number of likely N-dealkylation sites (tertiary alicyclic amines) is 1. The van der Waals surface area contributed by atoms with Crippen LogP contribution in [0.2, 0.25) is 0 Å². The number of esters is 1. The molecule has 1 saturated heterocycles. The summed E-state index contributed by atoms with van der Waals surface area (Å²) in [6.07, 6.45) is 0.360. The molecule has 4 unspecified atom stereocenters. The van der Waals surface area contributed by atoms with Gasteiger partial charge in [-0.2, -0.15) is 0 Å². The summed E-state index contributed by atoms with van der Waals surface area (Å²) < 4.78 is 5.21. The van der Waals surface area contributed by atoms with E-state index in [0.29, 0.717) is 11.3 Å². The molecule has 0 bridgehead atoms. The molecule has 0 aliphatic carbocycles. The first-order chi connectivity index (χ1) is 22.2. The van der Waals surface area contributed by atoms with Crippen LogP contribution < -0.4 is 32.7 Å². The molecule has 262 valence electrons. The topological polar surface area (TPSA) is 232 Å². The Morgan fingerprint density at radius 1 is 0.957 bits per heavy atom. The highest BCUT2D eigenvalue weighted by molar-refractivity contribution is 6.07. The molecule has 8 N–H and O–H groups in total. The van der Waals surface area contributed by atoms with Crippen LogP contribution in [-0.4, -0.2) is 77.7 Å². The van der Waals surface area contributed by atoms with Crippen LogP contribution in [0.4, 0.5) is 10.5 Å². The van der Waals surface area contributed by atoms with Gasteiger partial charge in [-0.15, -0.1) is 0 Å². The molecule has 15 nitrogen and oxygen atoms in total. The van der Waals surface area contributed by atoms with Crippen molar-refractivity contribution in [1.29, 1.82) is 0 Å². The van der Waals surface area contributed by atoms with E-state index in [-0.39, 0.29) is 50.8 Å². The lowest BCUT2D eigenvalue weighted by Crippen LogP contribution is -2.60. The Kier molecular flexibility index (Phi) is 17.1. The Morgan fingerprint density at radius 3 is 2.06 bits per heavy atom. The van der Waals surface area contributed by atoms with Crippen molar-refractivity contribution >= 4 is 47.2 Å². The third kappa shape index (κ3) is 12.6. The minimum absolute atomic E-state index is 0.0353. The fourth-order valence-electron chi connectivity index (χ4n) is 4.53. The number of primary amides is 1. The highest BCUT2D eigenvalue weighted by Crippen LogP contribution is 2.21. The zero-order valence-electron chi connectivity index (χ0n) is 28.4. The number of ether oxygens (including phenoxy) is 1. The third-order valence-electron chi connectivity index (χ3n) is 7.17. The summed E-state index contributed by atoms with van der Waals surface area (Å²) in [7, 11) is 0. The molecule has 1 fully saturated rings. The number of hydrogen-bond acceptors (Lipinski definition) is 9. The second-order valence-corrected chi connectivity index (χ2v) is 11.6. The molecule has 1 aliphatic heterocycles. The van der Waals surface area contributed by atoms with Crippen LogP contribution in [0.15, 0.2) is 24.3 Å². The molecule has 0 radical (unpaired) electrons. The number of imide groups is 1. The van der Waals surface area contributed by atoms with Crippen molar-refractivity contribution in [1.82, 2.24) is 20.9 Å². The summed E-state index contributed by atoms with van der Waals surface area (Å²) in [5, 5.41) is 10.4. The summed E-state index contributed by atoms with van der Waals surface area (Å²) in [4.78, 5) is 88.5. The highest BCUT2D eigenvalue weighted by atomic mass is 16.5. The van der Waals surface area contributed by atoms with Gasteiger partial charge in [-0.25, -0.2) is 4.79 Å². The van der Waals surface area contributed by atoms with Crippen molar-refractivity contribution in [2.75, 3.05) is 18.4 Å². The van der Waals surface area contributed by atoms with E-state index in [1.807, 2.05) is 13.8 Å². The van der Waals surface area contributed by atoms with Gasteiger partial charge >= 0.3 is 12.0 Å². The maximum absolute atomic E-state index is 13.4. The van der Waals surface area contributed by atoms with Gasteiger partial charge in [0.05, 0.1) is 5.92 Å². The van der Waals surface area contributed by atoms with Crippen LogP contribution in [0.5, 0.6) is 0 Å². The normalized spacial score (nSPS) is 16.0. The molecule has 15 heteroatoms. The molecule has 1 aliphatic rings. The first kappa shape index (κ1) is 40.5. The van der Waals surface area contributed by atoms with Crippen LogP contribution in [0.1, 0.15) is 73.3 Å². The van der Waals surface area contributed by atoms with Gasteiger partial charge in [0.1, 0.15) is 24.7 Å². The maximum atomic E-state index is 13.4. The number of carbonyl (C=O) groups excluding carboxylic acids is 7. The number of benzene rings is 1. The van der Waals surface area contributed by atoms with E-state index in [1.165, 1.54) is 0 Å². The first-order valence-electron chi connectivity index (χ1n) is 15.9. The van der Waals surface area contributed by atoms with E-state index < -0.39 is 65.5 Å². The number of nitrogens with one attached hydrogen (secondary N) is 4. The number of nitrogens with two attached hydrogens (primary N) is 2. The molecule has 47 heavy (non-hydrogen) atoms. The number of amides is 7. The Labute approximate surface area is 276 Å². The second kappa shape index (κ2) is 19.9. The minimum atomic E-state index is -1.29. The number of rotatable bonds is 16. The van der Waals surface area contributed by atoms with E-state index in [4.69, 9.17) is 16.2 Å². The lowest BCUT2D eigenvalue weighted by Gasteiger charge is -2.29. The Hall–Kier alpha value is -4.53. The fraction of sp³-hybridized carbons (Fsp3) is 0.594. The molecule has 1 heterocycles. The number of anilines is 1. The van der Waals surface area contributed by atoms with Crippen molar-refractivity contribution in [2.24, 2.45) is 29.2 Å². The van der Waals surface area contributed by atoms with Crippen LogP contribution in [0.3, 0.4) is 0 Å². The van der Waals surface area contributed by atoms with E-state index in [1.54, 1.807) is 58.9 Å². The van der Waals surface area contributed by atoms with Gasteiger partial charge in [0.25, 0.3) is 0 Å². The molecule has 1 aromatic carbocycles. The van der Waals surface area contributed by atoms with Gasteiger partial charge in [-0.3, -0.25) is 33.7 Å². The molecule has 2 rings (SSSR count). The average molecular weight is 662 g/mol. The van der Waals surface area contributed by atoms with Gasteiger partial charge in [0.2, 0.25) is 29.5 Å². The second-order valence-electron chi connectivity index (χ2n) is 11.6. The lowest BCUT2D eigenvalue weighted by atomic mass is 10.0. The number of hydrogen-bond donors (Lipinski definition) is 6. The van der Waals surface area contributed by atoms with Gasteiger partial charge in [-0.1, -0.05) is 60.6 Å². The summed E-state index contributed by atoms with van der Waals surface area (Å²) in [5.41, 5.74) is 12.0. The standard InChI is InChI=1S/C30H45N7O8.C2H6/c1-16(2)24(36-26(40)22(14-31)37-23(38)13-18(5)28(37)42)27(41)35-21(7-6-12-33-30(32)44)25(39)34-20-10-8-19(9-11-20)15-45-29(43)17(3)4;1-2/h8-11,16-18,21-22,24H,6-7,12-15,31H2,1-5H3,(H,34,39)(H,35,41)(H,36,40)(H3,32,33,44);1-2H3. The van der Waals surface area contributed by atoms with Crippen LogP contribution in [0.25, 0.3) is 0 Å². The van der Waals surface area contributed by atoms with Gasteiger partial charge < -0.3 is 37.5 Å². The van der Waals surface area contributed by atoms with E-state index in [2.05, 4.69) is 21.3 Å². The lowest BCUT2D eigenvalue weighted by molar-refractivity contribution is -0.149. The smallest absolute Gasteiger partial charge is 0.312 e. The molecular formula is C32H51N7O8. The predicted octanol–water partition coefficient (Wildman–Crippen LogP) is 1.15. The van der Waals surface area contributed by atoms with Crippen molar-refractivity contribution in [2.45, 2.75) is 92.5 Å². The first-order valence-corrected chi connectivity index (χ1v) is 15.9. The minimum Gasteiger partial charge on any atom is -0.461 e. The van der Waals surface area contributed by atoms with Gasteiger partial charge in [-0.05, 0) is 36.5 Å². The molecule has 0 spiro atoms. The Bertz CT molecular complexity index is 1250. The van der Waals surface area contributed by atoms with E-state index >= 15 is 0 Å². The van der Waals surface area contributed by atoms with Gasteiger partial charge in [0.15, 0.2) is 0 Å². The average Bonchev–Trinajstić information content (AvgIpc) is 3.27. The fourth-order valence-corrected chi connectivity index (χ4v) is 4.53. The largest absolute Gasteiger partial charge is 0.461 e. The summed E-state index contributed by atoms with van der Waals surface area (Å²) in [6, 6.07) is 2.37. The van der Waals surface area contributed by atoms with Crippen LogP contribution >= 0.6 is 0 Å². The molecule has 0 saturated carbocycles. The Morgan fingerprint density at radius 2 is 1.57 bits per heavy atom. The SMILES string of the molecule is CC.CC(C)C(=O)OCc1ccc(NC(=O)C(CCCNC(N)=O)NC(=O)C(NC(=O)C(CN)N2C(=O)CC(C)C2=O)C(C)C)cc1. The highest BCUT2D eigenvalue weighted by Gasteiger charge is 2.43. The summed E-state index contributed by atoms with van der Waals surface area (Å²) in [6.45, 7) is 12.3. The van der Waals surface area contributed by atoms with Crippen molar-refractivity contribution in [3.8, 4) is 0 Å².